The van der Waals surface area contributed by atoms with Gasteiger partial charge in [0.25, 0.3) is 0 Å². The minimum atomic E-state index is -3.54. The maximum absolute atomic E-state index is 12.2. The van der Waals surface area contributed by atoms with Crippen LogP contribution in [0.2, 0.25) is 0 Å². The van der Waals surface area contributed by atoms with Crippen molar-refractivity contribution in [1.29, 1.82) is 0 Å². The molecule has 1 aromatic heterocycles. The Morgan fingerprint density at radius 3 is 2.48 bits per heavy atom. The summed E-state index contributed by atoms with van der Waals surface area (Å²) >= 11 is 0. The second-order valence-electron chi connectivity index (χ2n) is 5.31. The van der Waals surface area contributed by atoms with Crippen LogP contribution in [0.1, 0.15) is 58.8 Å². The lowest BCUT2D eigenvalue weighted by Gasteiger charge is -2.05. The third-order valence-corrected chi connectivity index (χ3v) is 4.80. The highest BCUT2D eigenvalue weighted by Crippen LogP contribution is 2.16. The van der Waals surface area contributed by atoms with E-state index >= 15 is 0 Å². The van der Waals surface area contributed by atoms with Gasteiger partial charge in [0.05, 0.1) is 0 Å². The van der Waals surface area contributed by atoms with Gasteiger partial charge in [0.1, 0.15) is 4.90 Å². The van der Waals surface area contributed by atoms with Gasteiger partial charge in [-0.15, -0.1) is 0 Å². The van der Waals surface area contributed by atoms with Crippen molar-refractivity contribution in [1.82, 2.24) is 14.5 Å². The Balaban J connectivity index is 2.43. The molecule has 1 heterocycles. The van der Waals surface area contributed by atoms with E-state index in [1.165, 1.54) is 25.5 Å². The van der Waals surface area contributed by atoms with Crippen LogP contribution in [0.15, 0.2) is 11.1 Å². The first kappa shape index (κ1) is 18.0. The Labute approximate surface area is 128 Å². The summed E-state index contributed by atoms with van der Waals surface area (Å²) in [6.07, 6.45) is 9.13. The van der Waals surface area contributed by atoms with Gasteiger partial charge in [-0.1, -0.05) is 46.0 Å². The molecule has 0 atom stereocenters. The summed E-state index contributed by atoms with van der Waals surface area (Å²) < 4.78 is 28.5. The molecule has 0 aliphatic rings. The molecule has 0 fully saturated rings. The number of nitrogen functional groups attached to an aromatic ring is 1. The number of anilines is 1. The van der Waals surface area contributed by atoms with E-state index in [4.69, 9.17) is 5.73 Å². The first-order valence-corrected chi connectivity index (χ1v) is 9.32. The zero-order chi connectivity index (χ0) is 15.7. The number of aromatic nitrogens is 2. The molecule has 7 heteroatoms. The Morgan fingerprint density at radius 1 is 1.14 bits per heavy atom. The van der Waals surface area contributed by atoms with E-state index in [9.17, 15) is 8.42 Å². The van der Waals surface area contributed by atoms with E-state index in [-0.39, 0.29) is 10.7 Å². The van der Waals surface area contributed by atoms with Gasteiger partial charge in [0.2, 0.25) is 10.0 Å². The number of hydrogen-bond donors (Lipinski definition) is 2. The quantitative estimate of drug-likeness (QED) is 0.614. The summed E-state index contributed by atoms with van der Waals surface area (Å²) in [7, 11) is -3.54. The van der Waals surface area contributed by atoms with Crippen molar-refractivity contribution in [3.05, 3.63) is 6.20 Å². The van der Waals surface area contributed by atoms with Gasteiger partial charge in [-0.3, -0.25) is 4.68 Å². The van der Waals surface area contributed by atoms with E-state index in [1.54, 1.807) is 4.68 Å². The van der Waals surface area contributed by atoms with Crippen molar-refractivity contribution in [2.75, 3.05) is 12.3 Å². The first-order chi connectivity index (χ1) is 10.0. The number of rotatable bonds is 11. The predicted molar refractivity (Wildman–Crippen MR) is 85.5 cm³/mol. The third-order valence-electron chi connectivity index (χ3n) is 3.32. The molecule has 1 aromatic rings. The largest absolute Gasteiger partial charge is 0.381 e. The maximum atomic E-state index is 12.2. The number of nitrogens with two attached hydrogens (primary N) is 1. The van der Waals surface area contributed by atoms with Crippen LogP contribution in [-0.2, 0) is 16.6 Å². The summed E-state index contributed by atoms with van der Waals surface area (Å²) in [5, 5.41) is 4.02. The molecule has 0 aliphatic heterocycles. The lowest BCUT2D eigenvalue weighted by atomic mass is 10.1. The van der Waals surface area contributed by atoms with Crippen molar-refractivity contribution in [2.45, 2.75) is 70.2 Å². The maximum Gasteiger partial charge on any atom is 0.245 e. The average Bonchev–Trinajstić information content (AvgIpc) is 2.80. The normalized spacial score (nSPS) is 11.9. The van der Waals surface area contributed by atoms with Crippen LogP contribution in [0.3, 0.4) is 0 Å². The van der Waals surface area contributed by atoms with Crippen LogP contribution >= 0.6 is 0 Å². The highest BCUT2D eigenvalue weighted by Gasteiger charge is 2.20. The van der Waals surface area contributed by atoms with Crippen molar-refractivity contribution in [3.63, 3.8) is 0 Å². The standard InChI is InChI=1S/C14H28N4O2S/c1-3-5-6-7-8-9-10-16-21(19,20)13-12-18(11-4-2)17-14(13)15/h12,16H,3-11H2,1-2H3,(H2,15,17). The van der Waals surface area contributed by atoms with E-state index in [2.05, 4.69) is 16.7 Å². The summed E-state index contributed by atoms with van der Waals surface area (Å²) in [6.45, 7) is 5.30. The van der Waals surface area contributed by atoms with E-state index in [0.29, 0.717) is 13.1 Å². The van der Waals surface area contributed by atoms with Gasteiger partial charge in [0, 0.05) is 19.3 Å². The monoisotopic (exact) mass is 316 g/mol. The Hall–Kier alpha value is -1.08. The molecule has 0 aromatic carbocycles. The van der Waals surface area contributed by atoms with Crippen molar-refractivity contribution in [2.24, 2.45) is 0 Å². The molecular weight excluding hydrogens is 288 g/mol. The highest BCUT2D eigenvalue weighted by atomic mass is 32.2. The molecule has 0 spiro atoms. The summed E-state index contributed by atoms with van der Waals surface area (Å²) in [5.41, 5.74) is 5.69. The molecule has 21 heavy (non-hydrogen) atoms. The van der Waals surface area contributed by atoms with Gasteiger partial charge in [-0.05, 0) is 12.8 Å². The van der Waals surface area contributed by atoms with Crippen molar-refractivity contribution >= 4 is 15.8 Å². The van der Waals surface area contributed by atoms with Crippen LogP contribution in [-0.4, -0.2) is 24.7 Å². The number of sulfonamides is 1. The summed E-state index contributed by atoms with van der Waals surface area (Å²) in [4.78, 5) is 0.0851. The van der Waals surface area contributed by atoms with Gasteiger partial charge in [0.15, 0.2) is 5.82 Å². The van der Waals surface area contributed by atoms with E-state index in [0.717, 1.165) is 25.7 Å². The summed E-state index contributed by atoms with van der Waals surface area (Å²) in [5.74, 6) is 0.0684. The molecule has 122 valence electrons. The topological polar surface area (TPSA) is 90.0 Å². The second kappa shape index (κ2) is 9.04. The number of unbranched alkanes of at least 4 members (excludes halogenated alkanes) is 5. The lowest BCUT2D eigenvalue weighted by Crippen LogP contribution is -2.25. The lowest BCUT2D eigenvalue weighted by molar-refractivity contribution is 0.566. The minimum Gasteiger partial charge on any atom is -0.381 e. The Bertz CT molecular complexity index is 511. The fourth-order valence-corrected chi connectivity index (χ4v) is 3.30. The number of nitrogens with one attached hydrogen (secondary N) is 1. The fraction of sp³-hybridized carbons (Fsp3) is 0.786. The highest BCUT2D eigenvalue weighted by molar-refractivity contribution is 7.89. The molecule has 0 aliphatic carbocycles. The molecule has 0 unspecified atom stereocenters. The van der Waals surface area contributed by atoms with Gasteiger partial charge >= 0.3 is 0 Å². The molecule has 0 amide bonds. The molecular formula is C14H28N4O2S. The Morgan fingerprint density at radius 2 is 1.81 bits per heavy atom. The fourth-order valence-electron chi connectivity index (χ4n) is 2.16. The predicted octanol–water partition coefficient (Wildman–Crippen LogP) is 2.51. The first-order valence-electron chi connectivity index (χ1n) is 7.83. The van der Waals surface area contributed by atoms with Gasteiger partial charge in [-0.2, -0.15) is 5.10 Å². The van der Waals surface area contributed by atoms with Crippen LogP contribution in [0.5, 0.6) is 0 Å². The van der Waals surface area contributed by atoms with Gasteiger partial charge < -0.3 is 5.73 Å². The van der Waals surface area contributed by atoms with Crippen LogP contribution in [0.25, 0.3) is 0 Å². The van der Waals surface area contributed by atoms with Crippen molar-refractivity contribution in [3.8, 4) is 0 Å². The molecule has 0 saturated carbocycles. The smallest absolute Gasteiger partial charge is 0.245 e. The number of aryl methyl sites for hydroxylation is 1. The molecule has 3 N–H and O–H groups in total. The molecule has 0 bridgehead atoms. The molecule has 0 saturated heterocycles. The van der Waals surface area contributed by atoms with Crippen molar-refractivity contribution < 1.29 is 8.42 Å². The average molecular weight is 316 g/mol. The van der Waals surface area contributed by atoms with Crippen LogP contribution in [0.4, 0.5) is 5.82 Å². The summed E-state index contributed by atoms with van der Waals surface area (Å²) in [6, 6.07) is 0. The second-order valence-corrected chi connectivity index (χ2v) is 7.04. The molecule has 0 radical (unpaired) electrons. The molecule has 1 rings (SSSR count). The van der Waals surface area contributed by atoms with Crippen LogP contribution < -0.4 is 10.5 Å². The van der Waals surface area contributed by atoms with E-state index < -0.39 is 10.0 Å². The zero-order valence-corrected chi connectivity index (χ0v) is 14.0. The Kier molecular flexibility index (Phi) is 7.74. The molecule has 6 nitrogen and oxygen atoms in total. The third kappa shape index (κ3) is 6.05. The van der Waals surface area contributed by atoms with Gasteiger partial charge in [-0.25, -0.2) is 13.1 Å². The minimum absolute atomic E-state index is 0.0684. The zero-order valence-electron chi connectivity index (χ0n) is 13.1. The van der Waals surface area contributed by atoms with E-state index in [1.807, 2.05) is 6.92 Å². The van der Waals surface area contributed by atoms with Crippen LogP contribution in [0, 0.1) is 0 Å². The number of hydrogen-bond acceptors (Lipinski definition) is 4. The SMILES string of the molecule is CCCCCCCCNS(=O)(=O)c1cn(CCC)nc1N. The number of nitrogens with zero attached hydrogens (tertiary/aromatic N) is 2.